The first kappa shape index (κ1) is 11.4. The number of morpholine rings is 1. The molecular weight excluding hydrogens is 188 g/mol. The van der Waals surface area contributed by atoms with E-state index in [1.807, 2.05) is 0 Å². The van der Waals surface area contributed by atoms with Crippen LogP contribution in [0.5, 0.6) is 0 Å². The van der Waals surface area contributed by atoms with Crippen LogP contribution in [0.1, 0.15) is 32.6 Å². The summed E-state index contributed by atoms with van der Waals surface area (Å²) in [5, 5.41) is 3.39. The van der Waals surface area contributed by atoms with E-state index in [4.69, 9.17) is 4.74 Å². The van der Waals surface area contributed by atoms with Crippen LogP contribution in [0.3, 0.4) is 0 Å². The maximum absolute atomic E-state index is 5.59. The first-order valence-electron chi connectivity index (χ1n) is 6.32. The highest BCUT2D eigenvalue weighted by atomic mass is 16.5. The van der Waals surface area contributed by atoms with Gasteiger partial charge >= 0.3 is 0 Å². The van der Waals surface area contributed by atoms with Gasteiger partial charge in [0.2, 0.25) is 0 Å². The molecule has 3 nitrogen and oxygen atoms in total. The van der Waals surface area contributed by atoms with Gasteiger partial charge in [0.05, 0.1) is 12.7 Å². The van der Waals surface area contributed by atoms with Gasteiger partial charge in [-0.05, 0) is 39.7 Å². The lowest BCUT2D eigenvalue weighted by Gasteiger charge is -2.40. The first-order valence-corrected chi connectivity index (χ1v) is 6.32. The number of hydrogen-bond acceptors (Lipinski definition) is 3. The van der Waals surface area contributed by atoms with Gasteiger partial charge in [-0.1, -0.05) is 0 Å². The van der Waals surface area contributed by atoms with E-state index in [0.717, 1.165) is 31.8 Å². The molecule has 1 N–H and O–H groups in total. The Hall–Kier alpha value is -0.120. The van der Waals surface area contributed by atoms with Crippen LogP contribution in [-0.4, -0.2) is 49.8 Å². The van der Waals surface area contributed by atoms with Gasteiger partial charge in [-0.15, -0.1) is 0 Å². The molecule has 0 radical (unpaired) electrons. The van der Waals surface area contributed by atoms with E-state index in [2.05, 4.69) is 24.2 Å². The SMILES string of the molecule is CNC1CCC(N2CCOC(C)C2)CC1. The van der Waals surface area contributed by atoms with Crippen molar-refractivity contribution < 1.29 is 4.74 Å². The molecule has 1 saturated heterocycles. The zero-order valence-corrected chi connectivity index (χ0v) is 10.0. The smallest absolute Gasteiger partial charge is 0.0674 e. The van der Waals surface area contributed by atoms with Crippen molar-refractivity contribution in [2.45, 2.75) is 50.8 Å². The van der Waals surface area contributed by atoms with Crippen LogP contribution in [0.15, 0.2) is 0 Å². The molecule has 1 atom stereocenters. The van der Waals surface area contributed by atoms with Crippen LogP contribution in [0.25, 0.3) is 0 Å². The highest BCUT2D eigenvalue weighted by Gasteiger charge is 2.27. The summed E-state index contributed by atoms with van der Waals surface area (Å²) >= 11 is 0. The van der Waals surface area contributed by atoms with Crippen LogP contribution in [0.4, 0.5) is 0 Å². The fourth-order valence-electron chi connectivity index (χ4n) is 2.91. The second-order valence-electron chi connectivity index (χ2n) is 4.97. The van der Waals surface area contributed by atoms with E-state index >= 15 is 0 Å². The average Bonchev–Trinajstić information content (AvgIpc) is 2.29. The Morgan fingerprint density at radius 3 is 2.53 bits per heavy atom. The van der Waals surface area contributed by atoms with Gasteiger partial charge in [-0.25, -0.2) is 0 Å². The molecule has 0 amide bonds. The number of nitrogens with zero attached hydrogens (tertiary/aromatic N) is 1. The Kier molecular flexibility index (Phi) is 4.00. The summed E-state index contributed by atoms with van der Waals surface area (Å²) in [6, 6.07) is 1.58. The standard InChI is InChI=1S/C12H24N2O/c1-10-9-14(7-8-15-10)12-5-3-11(13-2)4-6-12/h10-13H,3-9H2,1-2H3. The zero-order chi connectivity index (χ0) is 10.7. The molecule has 1 aliphatic heterocycles. The van der Waals surface area contributed by atoms with Crippen LogP contribution in [0, 0.1) is 0 Å². The molecule has 1 aliphatic carbocycles. The van der Waals surface area contributed by atoms with Gasteiger partial charge in [0.1, 0.15) is 0 Å². The predicted molar refractivity (Wildman–Crippen MR) is 62.1 cm³/mol. The zero-order valence-electron chi connectivity index (χ0n) is 10.0. The lowest BCUT2D eigenvalue weighted by Crippen LogP contribution is -2.49. The molecule has 0 spiro atoms. The van der Waals surface area contributed by atoms with Crippen molar-refractivity contribution in [3.8, 4) is 0 Å². The molecule has 15 heavy (non-hydrogen) atoms. The summed E-state index contributed by atoms with van der Waals surface area (Å²) in [7, 11) is 2.09. The molecule has 0 bridgehead atoms. The number of hydrogen-bond donors (Lipinski definition) is 1. The van der Waals surface area contributed by atoms with Crippen LogP contribution >= 0.6 is 0 Å². The minimum absolute atomic E-state index is 0.431. The maximum Gasteiger partial charge on any atom is 0.0674 e. The monoisotopic (exact) mass is 212 g/mol. The lowest BCUT2D eigenvalue weighted by atomic mass is 9.90. The van der Waals surface area contributed by atoms with Crippen molar-refractivity contribution in [3.63, 3.8) is 0 Å². The molecule has 1 saturated carbocycles. The van der Waals surface area contributed by atoms with Crippen LogP contribution < -0.4 is 5.32 Å². The topological polar surface area (TPSA) is 24.5 Å². The number of rotatable bonds is 2. The Balaban J connectivity index is 1.79. The molecule has 1 unspecified atom stereocenters. The summed E-state index contributed by atoms with van der Waals surface area (Å²) in [5.74, 6) is 0. The highest BCUT2D eigenvalue weighted by Crippen LogP contribution is 2.24. The second kappa shape index (κ2) is 5.28. The van der Waals surface area contributed by atoms with Crippen molar-refractivity contribution in [1.82, 2.24) is 10.2 Å². The third-order valence-corrected chi connectivity index (χ3v) is 3.89. The van der Waals surface area contributed by atoms with Gasteiger partial charge in [-0.3, -0.25) is 4.90 Å². The van der Waals surface area contributed by atoms with Crippen LogP contribution in [0.2, 0.25) is 0 Å². The summed E-state index contributed by atoms with van der Waals surface area (Å²) in [6.07, 6.45) is 5.83. The quantitative estimate of drug-likeness (QED) is 0.745. The maximum atomic E-state index is 5.59. The van der Waals surface area contributed by atoms with Gasteiger partial charge in [0.25, 0.3) is 0 Å². The van der Waals surface area contributed by atoms with E-state index in [-0.39, 0.29) is 0 Å². The second-order valence-corrected chi connectivity index (χ2v) is 4.97. The highest BCUT2D eigenvalue weighted by molar-refractivity contribution is 4.84. The minimum Gasteiger partial charge on any atom is -0.376 e. The lowest BCUT2D eigenvalue weighted by molar-refractivity contribution is -0.0403. The van der Waals surface area contributed by atoms with E-state index in [0.29, 0.717) is 6.10 Å². The van der Waals surface area contributed by atoms with E-state index < -0.39 is 0 Å². The summed E-state index contributed by atoms with van der Waals surface area (Å²) < 4.78 is 5.59. The van der Waals surface area contributed by atoms with Gasteiger partial charge < -0.3 is 10.1 Å². The molecule has 3 heteroatoms. The Morgan fingerprint density at radius 2 is 1.93 bits per heavy atom. The van der Waals surface area contributed by atoms with Crippen molar-refractivity contribution >= 4 is 0 Å². The number of nitrogens with one attached hydrogen (secondary N) is 1. The van der Waals surface area contributed by atoms with Crippen molar-refractivity contribution in [3.05, 3.63) is 0 Å². The largest absolute Gasteiger partial charge is 0.376 e. The Labute approximate surface area is 93.2 Å². The molecule has 0 aromatic heterocycles. The van der Waals surface area contributed by atoms with Gasteiger partial charge in [-0.2, -0.15) is 0 Å². The third-order valence-electron chi connectivity index (χ3n) is 3.89. The number of ether oxygens (including phenoxy) is 1. The van der Waals surface area contributed by atoms with E-state index in [1.54, 1.807) is 0 Å². The van der Waals surface area contributed by atoms with Crippen LogP contribution in [-0.2, 0) is 4.74 Å². The summed E-state index contributed by atoms with van der Waals surface area (Å²) in [4.78, 5) is 2.64. The van der Waals surface area contributed by atoms with Gasteiger partial charge in [0.15, 0.2) is 0 Å². The van der Waals surface area contributed by atoms with Crippen molar-refractivity contribution in [1.29, 1.82) is 0 Å². The van der Waals surface area contributed by atoms with Crippen molar-refractivity contribution in [2.75, 3.05) is 26.7 Å². The molecule has 0 aromatic rings. The van der Waals surface area contributed by atoms with E-state index in [1.165, 1.54) is 25.7 Å². The molecule has 2 aliphatic rings. The molecule has 88 valence electrons. The van der Waals surface area contributed by atoms with Gasteiger partial charge in [0, 0.05) is 25.2 Å². The normalized spacial score (nSPS) is 39.2. The average molecular weight is 212 g/mol. The molecular formula is C12H24N2O. The summed E-state index contributed by atoms with van der Waals surface area (Å²) in [5.41, 5.74) is 0. The molecule has 0 aromatic carbocycles. The third kappa shape index (κ3) is 2.92. The Bertz CT molecular complexity index is 190. The summed E-state index contributed by atoms with van der Waals surface area (Å²) in [6.45, 7) is 5.38. The molecule has 1 heterocycles. The van der Waals surface area contributed by atoms with E-state index in [9.17, 15) is 0 Å². The fraction of sp³-hybridized carbons (Fsp3) is 1.00. The minimum atomic E-state index is 0.431. The Morgan fingerprint density at radius 1 is 1.20 bits per heavy atom. The first-order chi connectivity index (χ1) is 7.29. The predicted octanol–water partition coefficient (Wildman–Crippen LogP) is 1.24. The molecule has 2 fully saturated rings. The fourth-order valence-corrected chi connectivity index (χ4v) is 2.91. The molecule has 2 rings (SSSR count). The van der Waals surface area contributed by atoms with Crippen molar-refractivity contribution in [2.24, 2.45) is 0 Å².